The molecule has 208 valence electrons. The zero-order valence-electron chi connectivity index (χ0n) is 21.9. The Bertz CT molecular complexity index is 1320. The molecule has 0 aromatic carbocycles. The van der Waals surface area contributed by atoms with E-state index in [4.69, 9.17) is 4.74 Å². The molecule has 0 atom stereocenters. The van der Waals surface area contributed by atoms with E-state index in [0.717, 1.165) is 0 Å². The average molecular weight is 556 g/mol. The average Bonchev–Trinajstić information content (AvgIpc) is 3.23. The van der Waals surface area contributed by atoms with Crippen LogP contribution in [0.1, 0.15) is 73.5 Å². The highest BCUT2D eigenvalue weighted by molar-refractivity contribution is 7.91. The topological polar surface area (TPSA) is 127 Å². The fourth-order valence-corrected chi connectivity index (χ4v) is 5.77. The van der Waals surface area contributed by atoms with Gasteiger partial charge < -0.3 is 10.1 Å². The molecule has 0 radical (unpaired) electrons. The van der Waals surface area contributed by atoms with E-state index >= 15 is 0 Å². The Morgan fingerprint density at radius 3 is 2.53 bits per heavy atom. The second kappa shape index (κ2) is 11.3. The van der Waals surface area contributed by atoms with Crippen molar-refractivity contribution in [1.29, 1.82) is 5.26 Å². The summed E-state index contributed by atoms with van der Waals surface area (Å²) in [7, 11) is -1.77. The normalized spacial score (nSPS) is 20.1. The molecule has 2 aromatic heterocycles. The molecule has 38 heavy (non-hydrogen) atoms. The molecule has 2 heterocycles. The number of carbonyl (C=O) groups is 1. The Morgan fingerprint density at radius 1 is 1.34 bits per heavy atom. The maximum atomic E-state index is 13.1. The van der Waals surface area contributed by atoms with E-state index in [1.165, 1.54) is 30.2 Å². The van der Waals surface area contributed by atoms with Crippen molar-refractivity contribution < 1.29 is 31.1 Å². The van der Waals surface area contributed by atoms with Crippen LogP contribution in [-0.2, 0) is 22.7 Å². The van der Waals surface area contributed by atoms with E-state index in [1.807, 2.05) is 13.0 Å². The summed E-state index contributed by atoms with van der Waals surface area (Å²) in [5.74, 6) is 0.104. The number of ether oxygens (including phenoxy) is 1. The Labute approximate surface area is 220 Å². The van der Waals surface area contributed by atoms with Crippen LogP contribution in [0.5, 0.6) is 5.75 Å². The SMILES string of the molecule is CCc1nc(C(=O)NCC2(C)CCC(S(C)(=O)=O)CC2)c(C#N)n1-c1ncc(CCC(F)(F)F)cc1OC. The molecule has 0 saturated heterocycles. The number of aryl methyl sites for hydroxylation is 2. The van der Waals surface area contributed by atoms with Crippen molar-refractivity contribution in [3.8, 4) is 17.6 Å². The smallest absolute Gasteiger partial charge is 0.389 e. The summed E-state index contributed by atoms with van der Waals surface area (Å²) < 4.78 is 68.4. The van der Waals surface area contributed by atoms with Crippen molar-refractivity contribution in [1.82, 2.24) is 19.9 Å². The fourth-order valence-electron chi connectivity index (χ4n) is 4.68. The van der Waals surface area contributed by atoms with Crippen LogP contribution in [-0.4, -0.2) is 60.2 Å². The summed E-state index contributed by atoms with van der Waals surface area (Å²) in [6.45, 7) is 4.06. The Kier molecular flexibility index (Phi) is 8.75. The minimum Gasteiger partial charge on any atom is -0.493 e. The van der Waals surface area contributed by atoms with Gasteiger partial charge in [0.2, 0.25) is 0 Å². The number of halogens is 3. The predicted octanol–water partition coefficient (Wildman–Crippen LogP) is 3.93. The molecule has 0 unspecified atom stereocenters. The number of pyridine rings is 1. The van der Waals surface area contributed by atoms with Crippen LogP contribution < -0.4 is 10.1 Å². The maximum absolute atomic E-state index is 13.1. The number of rotatable bonds is 9. The van der Waals surface area contributed by atoms with Gasteiger partial charge in [0.25, 0.3) is 5.91 Å². The lowest BCUT2D eigenvalue weighted by molar-refractivity contribution is -0.134. The molecule has 0 spiro atoms. The zero-order chi connectivity index (χ0) is 28.3. The molecule has 1 N–H and O–H groups in total. The lowest BCUT2D eigenvalue weighted by Crippen LogP contribution is -2.40. The third-order valence-corrected chi connectivity index (χ3v) is 8.71. The fraction of sp³-hybridized carbons (Fsp3) is 0.600. The molecule has 0 aliphatic heterocycles. The summed E-state index contributed by atoms with van der Waals surface area (Å²) in [5, 5.41) is 12.4. The number of carbonyl (C=O) groups excluding carboxylic acids is 1. The van der Waals surface area contributed by atoms with Gasteiger partial charge in [-0.3, -0.25) is 9.36 Å². The molecule has 13 heteroatoms. The maximum Gasteiger partial charge on any atom is 0.389 e. The molecule has 2 aromatic rings. The van der Waals surface area contributed by atoms with Gasteiger partial charge >= 0.3 is 6.18 Å². The van der Waals surface area contributed by atoms with E-state index in [0.29, 0.717) is 43.5 Å². The number of methoxy groups -OCH3 is 1. The van der Waals surface area contributed by atoms with Crippen molar-refractivity contribution >= 4 is 15.7 Å². The molecule has 1 amide bonds. The lowest BCUT2D eigenvalue weighted by Gasteiger charge is -2.36. The molecule has 1 saturated carbocycles. The number of alkyl halides is 3. The standard InChI is InChI=1S/C25H32F3N5O4S/c1-5-20-32-21(23(34)31-15-24(2)9-7-17(8-10-24)38(4,35)36)18(13-29)33(20)22-19(37-3)12-16(14-30-22)6-11-25(26,27)28/h12,14,17H,5-11,15H2,1-4H3,(H,31,34). The Hall–Kier alpha value is -3.14. The number of hydrogen-bond donors (Lipinski definition) is 1. The monoisotopic (exact) mass is 555 g/mol. The van der Waals surface area contributed by atoms with Gasteiger partial charge in [-0.25, -0.2) is 18.4 Å². The highest BCUT2D eigenvalue weighted by Crippen LogP contribution is 2.37. The summed E-state index contributed by atoms with van der Waals surface area (Å²) in [5.41, 5.74) is -0.144. The lowest BCUT2D eigenvalue weighted by atomic mass is 9.75. The minimum atomic E-state index is -4.31. The number of sulfone groups is 1. The first-order valence-electron chi connectivity index (χ1n) is 12.3. The third-order valence-electron chi connectivity index (χ3n) is 7.02. The summed E-state index contributed by atoms with van der Waals surface area (Å²) in [6, 6.07) is 3.44. The van der Waals surface area contributed by atoms with Gasteiger partial charge in [-0.15, -0.1) is 0 Å². The van der Waals surface area contributed by atoms with Crippen LogP contribution >= 0.6 is 0 Å². The van der Waals surface area contributed by atoms with Gasteiger partial charge in [0.15, 0.2) is 23.0 Å². The largest absolute Gasteiger partial charge is 0.493 e. The van der Waals surface area contributed by atoms with Crippen LogP contribution in [0.4, 0.5) is 13.2 Å². The van der Waals surface area contributed by atoms with E-state index in [2.05, 4.69) is 15.3 Å². The number of nitrogens with zero attached hydrogens (tertiary/aromatic N) is 4. The van der Waals surface area contributed by atoms with Crippen molar-refractivity contribution in [3.05, 3.63) is 35.0 Å². The van der Waals surface area contributed by atoms with Gasteiger partial charge in [0.1, 0.15) is 21.7 Å². The molecule has 1 aliphatic rings. The number of hydrogen-bond acceptors (Lipinski definition) is 7. The second-order valence-corrected chi connectivity index (χ2v) is 12.4. The van der Waals surface area contributed by atoms with Gasteiger partial charge in [0.05, 0.1) is 12.4 Å². The predicted molar refractivity (Wildman–Crippen MR) is 134 cm³/mol. The van der Waals surface area contributed by atoms with Crippen LogP contribution in [0.3, 0.4) is 0 Å². The molecule has 0 bridgehead atoms. The highest BCUT2D eigenvalue weighted by Gasteiger charge is 2.36. The molecule has 9 nitrogen and oxygen atoms in total. The van der Waals surface area contributed by atoms with E-state index < -0.39 is 28.3 Å². The Morgan fingerprint density at radius 2 is 2.00 bits per heavy atom. The van der Waals surface area contributed by atoms with Crippen LogP contribution in [0, 0.1) is 16.7 Å². The molecule has 1 fully saturated rings. The first-order chi connectivity index (χ1) is 17.7. The van der Waals surface area contributed by atoms with Crippen LogP contribution in [0.25, 0.3) is 5.82 Å². The van der Waals surface area contributed by atoms with E-state index in [1.54, 1.807) is 6.92 Å². The number of nitrogens with one attached hydrogen (secondary N) is 1. The zero-order valence-corrected chi connectivity index (χ0v) is 22.7. The van der Waals surface area contributed by atoms with Gasteiger partial charge in [0, 0.05) is 31.8 Å². The summed E-state index contributed by atoms with van der Waals surface area (Å²) in [4.78, 5) is 21.8. The number of imidazole rings is 1. The first-order valence-corrected chi connectivity index (χ1v) is 14.3. The number of nitriles is 1. The third kappa shape index (κ3) is 6.83. The molecular weight excluding hydrogens is 523 g/mol. The quantitative estimate of drug-likeness (QED) is 0.497. The van der Waals surface area contributed by atoms with Gasteiger partial charge in [-0.2, -0.15) is 18.4 Å². The molecule has 1 aliphatic carbocycles. The van der Waals surface area contributed by atoms with Crippen LogP contribution in [0.2, 0.25) is 0 Å². The summed E-state index contributed by atoms with van der Waals surface area (Å²) >= 11 is 0. The van der Waals surface area contributed by atoms with Crippen molar-refractivity contribution in [2.45, 2.75) is 70.2 Å². The van der Waals surface area contributed by atoms with Gasteiger partial charge in [-0.1, -0.05) is 13.8 Å². The van der Waals surface area contributed by atoms with Crippen molar-refractivity contribution in [3.63, 3.8) is 0 Å². The number of aromatic nitrogens is 3. The summed E-state index contributed by atoms with van der Waals surface area (Å²) in [6.07, 6.45) is -0.422. The van der Waals surface area contributed by atoms with Crippen molar-refractivity contribution in [2.24, 2.45) is 5.41 Å². The van der Waals surface area contributed by atoms with Gasteiger partial charge in [-0.05, 0) is 49.1 Å². The molecule has 3 rings (SSSR count). The highest BCUT2D eigenvalue weighted by atomic mass is 32.2. The second-order valence-electron chi connectivity index (χ2n) is 10.0. The number of amides is 1. The Balaban J connectivity index is 1.85. The first kappa shape index (κ1) is 29.4. The van der Waals surface area contributed by atoms with Crippen molar-refractivity contribution in [2.75, 3.05) is 19.9 Å². The van der Waals surface area contributed by atoms with E-state index in [-0.39, 0.29) is 46.6 Å². The minimum absolute atomic E-state index is 0.0703. The molecular formula is C25H32F3N5O4S. The van der Waals surface area contributed by atoms with E-state index in [9.17, 15) is 31.6 Å². The van der Waals surface area contributed by atoms with Crippen LogP contribution in [0.15, 0.2) is 12.3 Å².